The lowest BCUT2D eigenvalue weighted by atomic mass is 9.99. The van der Waals surface area contributed by atoms with Crippen LogP contribution in [-0.4, -0.2) is 49.7 Å². The molecule has 1 aliphatic carbocycles. The third kappa shape index (κ3) is 2.12. The lowest BCUT2D eigenvalue weighted by Crippen LogP contribution is -2.59. The monoisotopic (exact) mass is 261 g/mol. The number of piperazine rings is 1. The van der Waals surface area contributed by atoms with E-state index in [4.69, 9.17) is 5.73 Å². The summed E-state index contributed by atoms with van der Waals surface area (Å²) in [6.07, 6.45) is 3.40. The zero-order chi connectivity index (χ0) is 12.5. The van der Waals surface area contributed by atoms with E-state index in [-0.39, 0.29) is 6.04 Å². The van der Waals surface area contributed by atoms with Gasteiger partial charge in [-0.3, -0.25) is 0 Å². The van der Waals surface area contributed by atoms with Crippen LogP contribution in [0.5, 0.6) is 0 Å². The quantitative estimate of drug-likeness (QED) is 0.743. The average Bonchev–Trinajstić information content (AvgIpc) is 2.81. The third-order valence-corrected chi connectivity index (χ3v) is 7.06. The van der Waals surface area contributed by atoms with Gasteiger partial charge in [0.2, 0.25) is 10.0 Å². The Morgan fingerprint density at radius 3 is 2.24 bits per heavy atom. The van der Waals surface area contributed by atoms with Crippen molar-refractivity contribution in [2.45, 2.75) is 43.4 Å². The maximum Gasteiger partial charge on any atom is 0.221 e. The normalized spacial score (nSPS) is 28.1. The van der Waals surface area contributed by atoms with Crippen molar-refractivity contribution in [3.8, 4) is 0 Å². The molecule has 0 bridgehead atoms. The summed E-state index contributed by atoms with van der Waals surface area (Å²) in [6.45, 7) is 4.49. The van der Waals surface area contributed by atoms with Crippen LogP contribution in [0.2, 0.25) is 0 Å². The van der Waals surface area contributed by atoms with Crippen molar-refractivity contribution >= 4 is 10.0 Å². The fourth-order valence-corrected chi connectivity index (χ4v) is 5.52. The topological polar surface area (TPSA) is 75.4 Å². The summed E-state index contributed by atoms with van der Waals surface area (Å²) < 4.78 is 26.5. The van der Waals surface area contributed by atoms with E-state index in [0.29, 0.717) is 13.1 Å². The molecule has 6 heteroatoms. The molecule has 1 unspecified atom stereocenters. The summed E-state index contributed by atoms with van der Waals surface area (Å²) in [5.74, 6) is 0. The molecule has 0 aromatic carbocycles. The van der Waals surface area contributed by atoms with Crippen LogP contribution >= 0.6 is 0 Å². The van der Waals surface area contributed by atoms with Crippen LogP contribution in [0.1, 0.15) is 32.6 Å². The minimum atomic E-state index is -3.25. The van der Waals surface area contributed by atoms with Gasteiger partial charge in [-0.1, -0.05) is 12.8 Å². The van der Waals surface area contributed by atoms with Crippen LogP contribution in [0.4, 0.5) is 0 Å². The Balaban J connectivity index is 2.28. The van der Waals surface area contributed by atoms with E-state index < -0.39 is 14.8 Å². The zero-order valence-corrected chi connectivity index (χ0v) is 11.3. The first-order valence-corrected chi connectivity index (χ1v) is 7.91. The Kier molecular flexibility index (Phi) is 3.77. The standard InChI is InChI=1S/C11H23N3O2S/c1-10(12)11(4-2-3-5-11)17(15,16)14-8-6-13-7-9-14/h10,13H,2-9,12H2,1H3. The first-order valence-electron chi connectivity index (χ1n) is 6.47. The second-order valence-electron chi connectivity index (χ2n) is 5.21. The van der Waals surface area contributed by atoms with E-state index in [2.05, 4.69) is 5.32 Å². The number of hydrogen-bond donors (Lipinski definition) is 2. The molecule has 100 valence electrons. The molecule has 5 nitrogen and oxygen atoms in total. The van der Waals surface area contributed by atoms with Crippen LogP contribution in [-0.2, 0) is 10.0 Å². The van der Waals surface area contributed by atoms with Crippen LogP contribution in [0.15, 0.2) is 0 Å². The fourth-order valence-electron chi connectivity index (χ4n) is 3.06. The molecule has 0 amide bonds. The highest BCUT2D eigenvalue weighted by Crippen LogP contribution is 2.40. The van der Waals surface area contributed by atoms with E-state index in [0.717, 1.165) is 38.8 Å². The highest BCUT2D eigenvalue weighted by molar-refractivity contribution is 7.90. The van der Waals surface area contributed by atoms with Crippen molar-refractivity contribution in [2.75, 3.05) is 26.2 Å². The molecule has 2 aliphatic rings. The van der Waals surface area contributed by atoms with E-state index >= 15 is 0 Å². The number of hydrogen-bond acceptors (Lipinski definition) is 4. The molecule has 0 radical (unpaired) electrons. The molecule has 1 atom stereocenters. The lowest BCUT2D eigenvalue weighted by molar-refractivity contribution is 0.332. The van der Waals surface area contributed by atoms with Gasteiger partial charge in [0, 0.05) is 32.2 Å². The van der Waals surface area contributed by atoms with Gasteiger partial charge in [-0.2, -0.15) is 4.31 Å². The second kappa shape index (κ2) is 4.84. The minimum absolute atomic E-state index is 0.287. The van der Waals surface area contributed by atoms with Gasteiger partial charge in [0.15, 0.2) is 0 Å². The molecule has 1 heterocycles. The Labute approximate surface area is 104 Å². The van der Waals surface area contributed by atoms with E-state index in [9.17, 15) is 8.42 Å². The van der Waals surface area contributed by atoms with E-state index in [1.54, 1.807) is 4.31 Å². The predicted octanol–water partition coefficient (Wildman–Crippen LogP) is -0.119. The predicted molar refractivity (Wildman–Crippen MR) is 68.2 cm³/mol. The van der Waals surface area contributed by atoms with Gasteiger partial charge in [0.05, 0.1) is 0 Å². The number of nitrogens with zero attached hydrogens (tertiary/aromatic N) is 1. The first kappa shape index (κ1) is 13.3. The molecule has 1 saturated carbocycles. The summed E-state index contributed by atoms with van der Waals surface area (Å²) in [7, 11) is -3.25. The smallest absolute Gasteiger partial charge is 0.221 e. The van der Waals surface area contributed by atoms with E-state index in [1.165, 1.54) is 0 Å². The Bertz CT molecular complexity index is 355. The van der Waals surface area contributed by atoms with Crippen LogP contribution in [0.3, 0.4) is 0 Å². The third-order valence-electron chi connectivity index (χ3n) is 4.21. The number of sulfonamides is 1. The average molecular weight is 261 g/mol. The summed E-state index contributed by atoms with van der Waals surface area (Å²) in [6, 6.07) is -0.287. The van der Waals surface area contributed by atoms with Gasteiger partial charge in [-0.05, 0) is 19.8 Å². The van der Waals surface area contributed by atoms with Gasteiger partial charge < -0.3 is 11.1 Å². The van der Waals surface area contributed by atoms with Gasteiger partial charge in [-0.25, -0.2) is 8.42 Å². The van der Waals surface area contributed by atoms with Gasteiger partial charge in [-0.15, -0.1) is 0 Å². The van der Waals surface area contributed by atoms with Crippen molar-refractivity contribution in [1.29, 1.82) is 0 Å². The Hall–Kier alpha value is -0.170. The van der Waals surface area contributed by atoms with Crippen molar-refractivity contribution in [3.05, 3.63) is 0 Å². The van der Waals surface area contributed by atoms with Gasteiger partial charge in [0.25, 0.3) is 0 Å². The maximum atomic E-state index is 12.8. The highest BCUT2D eigenvalue weighted by Gasteiger charge is 2.51. The van der Waals surface area contributed by atoms with Gasteiger partial charge >= 0.3 is 0 Å². The molecule has 2 fully saturated rings. The minimum Gasteiger partial charge on any atom is -0.326 e. The fraction of sp³-hybridized carbons (Fsp3) is 1.00. The van der Waals surface area contributed by atoms with Crippen molar-refractivity contribution in [1.82, 2.24) is 9.62 Å². The molecule has 3 N–H and O–H groups in total. The SMILES string of the molecule is CC(N)C1(S(=O)(=O)N2CCNCC2)CCCC1. The van der Waals surface area contributed by atoms with Crippen molar-refractivity contribution < 1.29 is 8.42 Å². The van der Waals surface area contributed by atoms with Gasteiger partial charge in [0.1, 0.15) is 4.75 Å². The molecular weight excluding hydrogens is 238 g/mol. The van der Waals surface area contributed by atoms with Crippen molar-refractivity contribution in [2.24, 2.45) is 5.73 Å². The molecule has 17 heavy (non-hydrogen) atoms. The Morgan fingerprint density at radius 1 is 1.24 bits per heavy atom. The summed E-state index contributed by atoms with van der Waals surface area (Å²) in [5, 5.41) is 3.18. The maximum absolute atomic E-state index is 12.8. The summed E-state index contributed by atoms with van der Waals surface area (Å²) in [5.41, 5.74) is 6.00. The second-order valence-corrected chi connectivity index (χ2v) is 7.49. The highest BCUT2D eigenvalue weighted by atomic mass is 32.2. The first-order chi connectivity index (χ1) is 8.01. The molecule has 0 spiro atoms. The molecule has 2 rings (SSSR count). The summed E-state index contributed by atoms with van der Waals surface area (Å²) in [4.78, 5) is 0. The zero-order valence-electron chi connectivity index (χ0n) is 10.5. The Morgan fingerprint density at radius 2 is 1.76 bits per heavy atom. The molecule has 1 saturated heterocycles. The summed E-state index contributed by atoms with van der Waals surface area (Å²) >= 11 is 0. The molecule has 1 aliphatic heterocycles. The van der Waals surface area contributed by atoms with Crippen LogP contribution in [0, 0.1) is 0 Å². The molecule has 0 aromatic rings. The largest absolute Gasteiger partial charge is 0.326 e. The van der Waals surface area contributed by atoms with Crippen LogP contribution < -0.4 is 11.1 Å². The van der Waals surface area contributed by atoms with Crippen molar-refractivity contribution in [3.63, 3.8) is 0 Å². The number of nitrogens with two attached hydrogens (primary N) is 1. The molecular formula is C11H23N3O2S. The van der Waals surface area contributed by atoms with E-state index in [1.807, 2.05) is 6.92 Å². The van der Waals surface area contributed by atoms with Crippen LogP contribution in [0.25, 0.3) is 0 Å². The molecule has 0 aromatic heterocycles. The number of rotatable bonds is 3. The number of nitrogens with one attached hydrogen (secondary N) is 1. The lowest BCUT2D eigenvalue weighted by Gasteiger charge is -2.39.